The normalized spacial score (nSPS) is 19.9. The second-order valence-electron chi connectivity index (χ2n) is 4.15. The van der Waals surface area contributed by atoms with E-state index >= 15 is 0 Å². The lowest BCUT2D eigenvalue weighted by Crippen LogP contribution is -2.18. The van der Waals surface area contributed by atoms with Crippen LogP contribution in [0.15, 0.2) is 24.3 Å². The summed E-state index contributed by atoms with van der Waals surface area (Å²) in [5.41, 5.74) is 2.34. The van der Waals surface area contributed by atoms with Crippen LogP contribution in [-0.4, -0.2) is 26.4 Å². The van der Waals surface area contributed by atoms with Gasteiger partial charge < -0.3 is 14.8 Å². The monoisotopic (exact) mass is 221 g/mol. The molecule has 0 radical (unpaired) electrons. The first-order chi connectivity index (χ1) is 7.88. The molecule has 2 rings (SSSR count). The van der Waals surface area contributed by atoms with Crippen LogP contribution in [0.5, 0.6) is 0 Å². The molecule has 0 amide bonds. The zero-order valence-electron chi connectivity index (χ0n) is 9.74. The van der Waals surface area contributed by atoms with Crippen molar-refractivity contribution >= 4 is 5.69 Å². The predicted molar refractivity (Wildman–Crippen MR) is 64.6 cm³/mol. The third-order valence-corrected chi connectivity index (χ3v) is 2.80. The zero-order chi connectivity index (χ0) is 11.2. The van der Waals surface area contributed by atoms with Crippen molar-refractivity contribution in [2.75, 3.05) is 25.6 Å². The standard InChI is InChI=1S/C13H19NO2/c1-15-10-11-4-2-5-12(8-11)14-9-13-6-3-7-16-13/h2,4-5,8,13-14H,3,6-7,9-10H2,1H3. The molecule has 0 bridgehead atoms. The average molecular weight is 221 g/mol. The second-order valence-corrected chi connectivity index (χ2v) is 4.15. The summed E-state index contributed by atoms with van der Waals surface area (Å²) in [6.45, 7) is 2.47. The van der Waals surface area contributed by atoms with Crippen LogP contribution in [0.1, 0.15) is 18.4 Å². The minimum absolute atomic E-state index is 0.381. The summed E-state index contributed by atoms with van der Waals surface area (Å²) in [5.74, 6) is 0. The molecular weight excluding hydrogens is 202 g/mol. The van der Waals surface area contributed by atoms with Crippen LogP contribution in [0.3, 0.4) is 0 Å². The second kappa shape index (κ2) is 5.87. The maximum absolute atomic E-state index is 5.57. The number of rotatable bonds is 5. The van der Waals surface area contributed by atoms with Gasteiger partial charge in [-0.05, 0) is 30.5 Å². The minimum atomic E-state index is 0.381. The molecule has 0 spiro atoms. The first kappa shape index (κ1) is 11.4. The van der Waals surface area contributed by atoms with Crippen molar-refractivity contribution in [3.05, 3.63) is 29.8 Å². The van der Waals surface area contributed by atoms with E-state index < -0.39 is 0 Å². The fraction of sp³-hybridized carbons (Fsp3) is 0.538. The summed E-state index contributed by atoms with van der Waals surface area (Å²) in [5, 5.41) is 3.40. The number of ether oxygens (including phenoxy) is 2. The molecule has 3 nitrogen and oxygen atoms in total. The van der Waals surface area contributed by atoms with Gasteiger partial charge in [-0.15, -0.1) is 0 Å². The molecule has 1 saturated heterocycles. The molecule has 0 aromatic heterocycles. The summed E-state index contributed by atoms with van der Waals surface area (Å²) in [7, 11) is 1.71. The van der Waals surface area contributed by atoms with E-state index in [1.807, 2.05) is 6.07 Å². The fourth-order valence-corrected chi connectivity index (χ4v) is 1.97. The van der Waals surface area contributed by atoms with Gasteiger partial charge in [0.25, 0.3) is 0 Å². The smallest absolute Gasteiger partial charge is 0.0748 e. The molecule has 1 fully saturated rings. The van der Waals surface area contributed by atoms with Gasteiger partial charge in [0.05, 0.1) is 12.7 Å². The Morgan fingerprint density at radius 2 is 2.44 bits per heavy atom. The summed E-state index contributed by atoms with van der Waals surface area (Å²) in [6, 6.07) is 8.32. The third-order valence-electron chi connectivity index (χ3n) is 2.80. The molecule has 16 heavy (non-hydrogen) atoms. The Hall–Kier alpha value is -1.06. The number of hydrogen-bond donors (Lipinski definition) is 1. The number of anilines is 1. The molecule has 88 valence electrons. The molecule has 1 N–H and O–H groups in total. The molecule has 1 atom stereocenters. The van der Waals surface area contributed by atoms with E-state index in [4.69, 9.17) is 9.47 Å². The summed E-state index contributed by atoms with van der Waals surface area (Å²) < 4.78 is 10.7. The van der Waals surface area contributed by atoms with Crippen LogP contribution in [-0.2, 0) is 16.1 Å². The van der Waals surface area contributed by atoms with E-state index in [0.29, 0.717) is 12.7 Å². The van der Waals surface area contributed by atoms with Crippen molar-refractivity contribution in [1.82, 2.24) is 0 Å². The molecule has 0 aliphatic carbocycles. The highest BCUT2D eigenvalue weighted by atomic mass is 16.5. The zero-order valence-corrected chi connectivity index (χ0v) is 9.74. The Balaban J connectivity index is 1.85. The fourth-order valence-electron chi connectivity index (χ4n) is 1.97. The van der Waals surface area contributed by atoms with Crippen molar-refractivity contribution in [3.8, 4) is 0 Å². The topological polar surface area (TPSA) is 30.5 Å². The van der Waals surface area contributed by atoms with Gasteiger partial charge >= 0.3 is 0 Å². The summed E-state index contributed by atoms with van der Waals surface area (Å²) in [6.07, 6.45) is 2.74. The van der Waals surface area contributed by atoms with Gasteiger partial charge in [-0.3, -0.25) is 0 Å². The van der Waals surface area contributed by atoms with Crippen LogP contribution in [0.25, 0.3) is 0 Å². The van der Waals surface area contributed by atoms with Crippen LogP contribution in [0.2, 0.25) is 0 Å². The van der Waals surface area contributed by atoms with Crippen LogP contribution in [0.4, 0.5) is 5.69 Å². The van der Waals surface area contributed by atoms with Gasteiger partial charge in [0, 0.05) is 25.9 Å². The number of benzene rings is 1. The van der Waals surface area contributed by atoms with Crippen LogP contribution in [0, 0.1) is 0 Å². The maximum Gasteiger partial charge on any atom is 0.0748 e. The molecule has 1 heterocycles. The summed E-state index contributed by atoms with van der Waals surface area (Å²) >= 11 is 0. The van der Waals surface area contributed by atoms with E-state index in [1.54, 1.807) is 7.11 Å². The van der Waals surface area contributed by atoms with Gasteiger partial charge in [-0.1, -0.05) is 12.1 Å². The Bertz CT molecular complexity index is 321. The third kappa shape index (κ3) is 3.22. The lowest BCUT2D eigenvalue weighted by Gasteiger charge is -2.12. The molecule has 1 aromatic carbocycles. The molecule has 1 aliphatic heterocycles. The first-order valence-electron chi connectivity index (χ1n) is 5.82. The maximum atomic E-state index is 5.57. The van der Waals surface area contributed by atoms with E-state index in [9.17, 15) is 0 Å². The highest BCUT2D eigenvalue weighted by Crippen LogP contribution is 2.15. The van der Waals surface area contributed by atoms with Crippen LogP contribution >= 0.6 is 0 Å². The Kier molecular flexibility index (Phi) is 4.19. The molecule has 0 saturated carbocycles. The van der Waals surface area contributed by atoms with Gasteiger partial charge in [-0.2, -0.15) is 0 Å². The molecule has 1 aromatic rings. The van der Waals surface area contributed by atoms with Gasteiger partial charge in [0.15, 0.2) is 0 Å². The van der Waals surface area contributed by atoms with E-state index in [1.165, 1.54) is 18.4 Å². The number of hydrogen-bond acceptors (Lipinski definition) is 3. The molecule has 3 heteroatoms. The largest absolute Gasteiger partial charge is 0.382 e. The van der Waals surface area contributed by atoms with E-state index in [0.717, 1.165) is 18.8 Å². The predicted octanol–water partition coefficient (Wildman–Crippen LogP) is 2.42. The van der Waals surface area contributed by atoms with Gasteiger partial charge in [0.2, 0.25) is 0 Å². The first-order valence-corrected chi connectivity index (χ1v) is 5.82. The SMILES string of the molecule is COCc1cccc(NCC2CCCO2)c1. The average Bonchev–Trinajstić information content (AvgIpc) is 2.80. The minimum Gasteiger partial charge on any atom is -0.382 e. The van der Waals surface area contributed by atoms with Crippen molar-refractivity contribution in [2.24, 2.45) is 0 Å². The highest BCUT2D eigenvalue weighted by molar-refractivity contribution is 5.45. The Morgan fingerprint density at radius 1 is 1.50 bits per heavy atom. The summed E-state index contributed by atoms with van der Waals surface area (Å²) in [4.78, 5) is 0. The van der Waals surface area contributed by atoms with Crippen LogP contribution < -0.4 is 5.32 Å². The molecule has 1 unspecified atom stereocenters. The Labute approximate surface area is 96.8 Å². The van der Waals surface area contributed by atoms with Crippen molar-refractivity contribution < 1.29 is 9.47 Å². The quantitative estimate of drug-likeness (QED) is 0.828. The number of methoxy groups -OCH3 is 1. The molecule has 1 aliphatic rings. The lowest BCUT2D eigenvalue weighted by atomic mass is 10.2. The van der Waals surface area contributed by atoms with Crippen molar-refractivity contribution in [2.45, 2.75) is 25.6 Å². The lowest BCUT2D eigenvalue weighted by molar-refractivity contribution is 0.120. The highest BCUT2D eigenvalue weighted by Gasteiger charge is 2.14. The van der Waals surface area contributed by atoms with Crippen molar-refractivity contribution in [1.29, 1.82) is 0 Å². The van der Waals surface area contributed by atoms with Gasteiger partial charge in [-0.25, -0.2) is 0 Å². The number of nitrogens with one attached hydrogen (secondary N) is 1. The van der Waals surface area contributed by atoms with E-state index in [-0.39, 0.29) is 0 Å². The van der Waals surface area contributed by atoms with Crippen molar-refractivity contribution in [3.63, 3.8) is 0 Å². The van der Waals surface area contributed by atoms with E-state index in [2.05, 4.69) is 23.5 Å². The Morgan fingerprint density at radius 3 is 3.19 bits per heavy atom. The molecular formula is C13H19NO2. The van der Waals surface area contributed by atoms with Gasteiger partial charge in [0.1, 0.15) is 0 Å².